The number of carbonyl (C=O) groups excluding carboxylic acids is 1. The Bertz CT molecular complexity index is 311. The van der Waals surface area contributed by atoms with E-state index in [0.29, 0.717) is 5.92 Å². The maximum Gasteiger partial charge on any atom is 0.224 e. The van der Waals surface area contributed by atoms with Crippen LogP contribution in [0, 0.1) is 23.2 Å². The molecule has 0 aromatic carbocycles. The number of hydrogen-bond acceptors (Lipinski definition) is 3. The van der Waals surface area contributed by atoms with Crippen LogP contribution in [0.4, 0.5) is 0 Å². The van der Waals surface area contributed by atoms with Gasteiger partial charge in [-0.05, 0) is 25.8 Å². The van der Waals surface area contributed by atoms with E-state index in [4.69, 9.17) is 0 Å². The van der Waals surface area contributed by atoms with Crippen molar-refractivity contribution in [2.24, 2.45) is 11.8 Å². The Morgan fingerprint density at radius 2 is 1.88 bits per heavy atom. The number of hydrogen-bond donors (Lipinski definition) is 1. The van der Waals surface area contributed by atoms with Crippen molar-refractivity contribution in [3.05, 3.63) is 0 Å². The predicted octanol–water partition coefficient (Wildman–Crippen LogP) is 1.38. The first-order chi connectivity index (χ1) is 7.90. The van der Waals surface area contributed by atoms with Gasteiger partial charge in [0.25, 0.3) is 0 Å². The van der Waals surface area contributed by atoms with Gasteiger partial charge in [0.05, 0.1) is 6.07 Å². The lowest BCUT2D eigenvalue weighted by Gasteiger charge is -2.36. The van der Waals surface area contributed by atoms with E-state index in [2.05, 4.69) is 16.3 Å². The highest BCUT2D eigenvalue weighted by molar-refractivity contribution is 5.79. The third-order valence-electron chi connectivity index (χ3n) is 3.83. The van der Waals surface area contributed by atoms with Gasteiger partial charge in [0, 0.05) is 19.0 Å². The van der Waals surface area contributed by atoms with Crippen molar-refractivity contribution in [2.75, 3.05) is 20.1 Å². The minimum Gasteiger partial charge on any atom is -0.337 e. The van der Waals surface area contributed by atoms with E-state index in [1.165, 1.54) is 0 Å². The fraction of sp³-hybridized carbons (Fsp3) is 0.846. The van der Waals surface area contributed by atoms with E-state index in [9.17, 15) is 10.1 Å². The Labute approximate surface area is 104 Å². The molecule has 1 aliphatic rings. The molecule has 17 heavy (non-hydrogen) atoms. The molecule has 1 N–H and O–H groups in total. The molecule has 0 spiro atoms. The largest absolute Gasteiger partial charge is 0.337 e. The third kappa shape index (κ3) is 3.44. The maximum atomic E-state index is 12.0. The number of likely N-dealkylation sites (tertiary alicyclic amines) is 1. The smallest absolute Gasteiger partial charge is 0.224 e. The average Bonchev–Trinajstić information content (AvgIpc) is 2.31. The molecule has 1 fully saturated rings. The number of piperidine rings is 1. The summed E-state index contributed by atoms with van der Waals surface area (Å²) in [6.45, 7) is 7.70. The van der Waals surface area contributed by atoms with Crippen molar-refractivity contribution in [1.29, 1.82) is 5.26 Å². The van der Waals surface area contributed by atoms with Crippen molar-refractivity contribution in [1.82, 2.24) is 10.2 Å². The van der Waals surface area contributed by atoms with Gasteiger partial charge in [0.1, 0.15) is 5.54 Å². The topological polar surface area (TPSA) is 56.1 Å². The summed E-state index contributed by atoms with van der Waals surface area (Å²) in [6.07, 6.45) is 1.44. The Morgan fingerprint density at radius 3 is 2.29 bits per heavy atom. The zero-order valence-electron chi connectivity index (χ0n) is 11.3. The summed E-state index contributed by atoms with van der Waals surface area (Å²) in [4.78, 5) is 14.2. The fourth-order valence-electron chi connectivity index (χ4n) is 1.92. The van der Waals surface area contributed by atoms with Gasteiger partial charge < -0.3 is 10.2 Å². The van der Waals surface area contributed by atoms with E-state index >= 15 is 0 Å². The Balaban J connectivity index is 2.64. The standard InChI is InChI=1S/C13H23N3O/c1-10(2)11(3)12(17)15-13(9-14)5-7-16(4)8-6-13/h10-11H,5-8H2,1-4H3,(H,15,17). The molecule has 96 valence electrons. The van der Waals surface area contributed by atoms with Crippen molar-refractivity contribution in [2.45, 2.75) is 39.2 Å². The highest BCUT2D eigenvalue weighted by Gasteiger charge is 2.36. The molecule has 0 aliphatic carbocycles. The molecular weight excluding hydrogens is 214 g/mol. The highest BCUT2D eigenvalue weighted by atomic mass is 16.2. The van der Waals surface area contributed by atoms with Gasteiger partial charge in [-0.2, -0.15) is 5.26 Å². The monoisotopic (exact) mass is 237 g/mol. The molecule has 1 saturated heterocycles. The summed E-state index contributed by atoms with van der Waals surface area (Å²) in [5, 5.41) is 12.3. The second-order valence-electron chi connectivity index (χ2n) is 5.52. The van der Waals surface area contributed by atoms with Crippen LogP contribution in [-0.2, 0) is 4.79 Å². The summed E-state index contributed by atoms with van der Waals surface area (Å²) >= 11 is 0. The summed E-state index contributed by atoms with van der Waals surface area (Å²) in [7, 11) is 2.04. The summed E-state index contributed by atoms with van der Waals surface area (Å²) in [5.41, 5.74) is -0.646. The van der Waals surface area contributed by atoms with Crippen LogP contribution in [0.25, 0.3) is 0 Å². The van der Waals surface area contributed by atoms with E-state index in [-0.39, 0.29) is 11.8 Å². The van der Waals surface area contributed by atoms with Crippen molar-refractivity contribution >= 4 is 5.91 Å². The molecule has 0 aromatic rings. The quantitative estimate of drug-likeness (QED) is 0.807. The van der Waals surface area contributed by atoms with Gasteiger partial charge in [-0.3, -0.25) is 4.79 Å². The van der Waals surface area contributed by atoms with Crippen molar-refractivity contribution in [3.8, 4) is 6.07 Å². The second-order valence-corrected chi connectivity index (χ2v) is 5.52. The fourth-order valence-corrected chi connectivity index (χ4v) is 1.92. The van der Waals surface area contributed by atoms with Gasteiger partial charge in [-0.25, -0.2) is 0 Å². The van der Waals surface area contributed by atoms with Crippen LogP contribution in [0.15, 0.2) is 0 Å². The Hall–Kier alpha value is -1.08. The number of nitriles is 1. The maximum absolute atomic E-state index is 12.0. The average molecular weight is 237 g/mol. The summed E-state index contributed by atoms with van der Waals surface area (Å²) in [6, 6.07) is 2.30. The van der Waals surface area contributed by atoms with E-state index < -0.39 is 5.54 Å². The molecule has 1 unspecified atom stereocenters. The van der Waals surface area contributed by atoms with Gasteiger partial charge in [0.15, 0.2) is 0 Å². The van der Waals surface area contributed by atoms with E-state index in [1.54, 1.807) is 0 Å². The van der Waals surface area contributed by atoms with Gasteiger partial charge in [-0.1, -0.05) is 20.8 Å². The van der Waals surface area contributed by atoms with Crippen molar-refractivity contribution in [3.63, 3.8) is 0 Å². The number of nitrogens with zero attached hydrogens (tertiary/aromatic N) is 2. The summed E-state index contributed by atoms with van der Waals surface area (Å²) in [5.74, 6) is 0.267. The van der Waals surface area contributed by atoms with Crippen LogP contribution >= 0.6 is 0 Å². The van der Waals surface area contributed by atoms with Crippen LogP contribution < -0.4 is 5.32 Å². The van der Waals surface area contributed by atoms with E-state index in [1.807, 2.05) is 27.8 Å². The number of rotatable bonds is 3. The zero-order chi connectivity index (χ0) is 13.1. The first-order valence-corrected chi connectivity index (χ1v) is 6.32. The highest BCUT2D eigenvalue weighted by Crippen LogP contribution is 2.22. The van der Waals surface area contributed by atoms with Gasteiger partial charge in [0.2, 0.25) is 5.91 Å². The molecule has 0 bridgehead atoms. The van der Waals surface area contributed by atoms with Crippen LogP contribution in [0.2, 0.25) is 0 Å². The SMILES string of the molecule is CC(C)C(C)C(=O)NC1(C#N)CCN(C)CC1. The molecule has 1 aliphatic heterocycles. The first-order valence-electron chi connectivity index (χ1n) is 6.32. The lowest BCUT2D eigenvalue weighted by molar-refractivity contribution is -0.127. The zero-order valence-corrected chi connectivity index (χ0v) is 11.3. The molecule has 1 rings (SSSR count). The second kappa shape index (κ2) is 5.50. The summed E-state index contributed by atoms with van der Waals surface area (Å²) < 4.78 is 0. The molecule has 1 atom stereocenters. The molecule has 0 radical (unpaired) electrons. The van der Waals surface area contributed by atoms with Crippen LogP contribution in [0.3, 0.4) is 0 Å². The lowest BCUT2D eigenvalue weighted by Crippen LogP contribution is -2.55. The molecule has 1 amide bonds. The molecule has 0 saturated carbocycles. The molecule has 4 heteroatoms. The number of nitrogens with one attached hydrogen (secondary N) is 1. The normalized spacial score (nSPS) is 21.9. The van der Waals surface area contributed by atoms with Crippen molar-refractivity contribution < 1.29 is 4.79 Å². The van der Waals surface area contributed by atoms with E-state index in [0.717, 1.165) is 25.9 Å². The first kappa shape index (κ1) is 14.0. The third-order valence-corrected chi connectivity index (χ3v) is 3.83. The lowest BCUT2D eigenvalue weighted by atomic mass is 9.87. The molecular formula is C13H23N3O. The Kier molecular flexibility index (Phi) is 4.53. The van der Waals surface area contributed by atoms with Gasteiger partial charge in [-0.15, -0.1) is 0 Å². The minimum absolute atomic E-state index is 0.00565. The number of amides is 1. The number of carbonyl (C=O) groups is 1. The molecule has 1 heterocycles. The minimum atomic E-state index is -0.646. The molecule has 0 aromatic heterocycles. The van der Waals surface area contributed by atoms with Crippen LogP contribution in [0.5, 0.6) is 0 Å². The molecule has 4 nitrogen and oxygen atoms in total. The van der Waals surface area contributed by atoms with Crippen LogP contribution in [-0.4, -0.2) is 36.5 Å². The predicted molar refractivity (Wildman–Crippen MR) is 67.2 cm³/mol. The van der Waals surface area contributed by atoms with Gasteiger partial charge >= 0.3 is 0 Å². The van der Waals surface area contributed by atoms with Crippen LogP contribution in [0.1, 0.15) is 33.6 Å². The Morgan fingerprint density at radius 1 is 1.35 bits per heavy atom.